The lowest BCUT2D eigenvalue weighted by atomic mass is 10.0. The van der Waals surface area contributed by atoms with E-state index in [9.17, 15) is 27.2 Å². The maximum absolute atomic E-state index is 14.2. The van der Waals surface area contributed by atoms with Gasteiger partial charge in [-0.2, -0.15) is 4.31 Å². The minimum Gasteiger partial charge on any atom is -0.451 e. The van der Waals surface area contributed by atoms with E-state index >= 15 is 0 Å². The minimum atomic E-state index is -4.24. The Hall–Kier alpha value is -3.57. The molecule has 0 saturated carbocycles. The molecule has 2 aromatic carbocycles. The Morgan fingerprint density at radius 2 is 1.82 bits per heavy atom. The van der Waals surface area contributed by atoms with Crippen LogP contribution in [0.5, 0.6) is 0 Å². The maximum Gasteiger partial charge on any atom is 0.287 e. The Balaban J connectivity index is 1.47. The fourth-order valence-corrected chi connectivity index (χ4v) is 6.25. The molecule has 1 aliphatic rings. The third-order valence-electron chi connectivity index (χ3n) is 6.77. The number of carbonyl (C=O) groups excluding carboxylic acids is 3. The van der Waals surface area contributed by atoms with Crippen LogP contribution in [0.3, 0.4) is 0 Å². The molecule has 1 aromatic heterocycles. The van der Waals surface area contributed by atoms with Crippen molar-refractivity contribution in [2.45, 2.75) is 57.0 Å². The molecule has 0 aliphatic carbocycles. The highest BCUT2D eigenvalue weighted by Crippen LogP contribution is 2.25. The predicted molar refractivity (Wildman–Crippen MR) is 143 cm³/mol. The molecule has 1 saturated heterocycles. The van der Waals surface area contributed by atoms with Crippen molar-refractivity contribution < 1.29 is 31.6 Å². The molecule has 2 N–H and O–H groups in total. The Morgan fingerprint density at radius 1 is 1.13 bits per heavy atom. The van der Waals surface area contributed by atoms with Gasteiger partial charge in [0.25, 0.3) is 5.91 Å². The summed E-state index contributed by atoms with van der Waals surface area (Å²) in [5, 5.41) is 6.25. The quantitative estimate of drug-likeness (QED) is 0.436. The number of Topliss-reactive ketones (excluding diaryl/α,β-unsaturated/α-hetero) is 1. The molecule has 4 rings (SSSR count). The minimum absolute atomic E-state index is 0.00622. The van der Waals surface area contributed by atoms with E-state index in [1.165, 1.54) is 12.1 Å². The van der Waals surface area contributed by atoms with E-state index in [2.05, 4.69) is 10.6 Å². The van der Waals surface area contributed by atoms with Crippen molar-refractivity contribution in [1.29, 1.82) is 0 Å². The van der Waals surface area contributed by atoms with E-state index in [1.807, 2.05) is 26.0 Å². The van der Waals surface area contributed by atoms with Crippen molar-refractivity contribution in [1.82, 2.24) is 14.9 Å². The van der Waals surface area contributed by atoms with E-state index in [0.29, 0.717) is 17.6 Å². The number of benzene rings is 2. The first kappa shape index (κ1) is 28.4. The third kappa shape index (κ3) is 6.20. The lowest BCUT2D eigenvalue weighted by molar-refractivity contribution is -0.129. The zero-order valence-electron chi connectivity index (χ0n) is 22.1. The van der Waals surface area contributed by atoms with Gasteiger partial charge in [-0.25, -0.2) is 12.8 Å². The monoisotopic (exact) mass is 557 g/mol. The fourth-order valence-electron chi connectivity index (χ4n) is 4.74. The van der Waals surface area contributed by atoms with Crippen molar-refractivity contribution in [2.24, 2.45) is 5.92 Å². The number of nitrogens with one attached hydrogen (secondary N) is 2. The SMILES string of the molecule is Cc1c(C(=O)N[C@@H](CC(C)C)C(=O)N[C@H]2CCCN(S(=O)(=O)c3ccccc3F)CC2=O)oc2ccccc12. The number of hydrogen-bond acceptors (Lipinski definition) is 6. The predicted octanol–water partition coefficient (Wildman–Crippen LogP) is 3.56. The Kier molecular flexibility index (Phi) is 8.51. The number of sulfonamides is 1. The van der Waals surface area contributed by atoms with Gasteiger partial charge < -0.3 is 15.1 Å². The number of nitrogens with zero attached hydrogens (tertiary/aromatic N) is 1. The van der Waals surface area contributed by atoms with Crippen molar-refractivity contribution in [3.8, 4) is 0 Å². The Bertz CT molecular complexity index is 1500. The molecule has 1 aliphatic heterocycles. The zero-order valence-corrected chi connectivity index (χ0v) is 22.9. The van der Waals surface area contributed by atoms with Gasteiger partial charge in [-0.05, 0) is 50.3 Å². The molecule has 0 unspecified atom stereocenters. The summed E-state index contributed by atoms with van der Waals surface area (Å²) in [6, 6.07) is 10.3. The second-order valence-electron chi connectivity index (χ2n) is 10.1. The molecule has 39 heavy (non-hydrogen) atoms. The van der Waals surface area contributed by atoms with E-state index in [1.54, 1.807) is 19.1 Å². The highest BCUT2D eigenvalue weighted by molar-refractivity contribution is 7.89. The van der Waals surface area contributed by atoms with E-state index in [4.69, 9.17) is 4.42 Å². The molecule has 3 aromatic rings. The van der Waals surface area contributed by atoms with Gasteiger partial charge in [-0.1, -0.05) is 44.2 Å². The molecule has 208 valence electrons. The number of para-hydroxylation sites is 1. The number of aryl methyl sites for hydroxylation is 1. The highest BCUT2D eigenvalue weighted by atomic mass is 32.2. The Morgan fingerprint density at radius 3 is 2.51 bits per heavy atom. The van der Waals surface area contributed by atoms with Gasteiger partial charge in [0.15, 0.2) is 11.5 Å². The van der Waals surface area contributed by atoms with Gasteiger partial charge in [0, 0.05) is 17.5 Å². The van der Waals surface area contributed by atoms with Gasteiger partial charge in [-0.15, -0.1) is 0 Å². The number of fused-ring (bicyclic) bond motifs is 1. The molecule has 11 heteroatoms. The van der Waals surface area contributed by atoms with Crippen molar-refractivity contribution in [3.05, 3.63) is 65.7 Å². The van der Waals surface area contributed by atoms with Crippen molar-refractivity contribution >= 4 is 38.6 Å². The summed E-state index contributed by atoms with van der Waals surface area (Å²) in [6.07, 6.45) is 0.800. The highest BCUT2D eigenvalue weighted by Gasteiger charge is 2.35. The molecule has 0 spiro atoms. The second-order valence-corrected chi connectivity index (χ2v) is 12.1. The normalized spacial score (nSPS) is 17.7. The smallest absolute Gasteiger partial charge is 0.287 e. The van der Waals surface area contributed by atoms with Crippen LogP contribution < -0.4 is 10.6 Å². The van der Waals surface area contributed by atoms with Crippen LogP contribution >= 0.6 is 0 Å². The molecular formula is C28H32FN3O6S. The van der Waals surface area contributed by atoms with Crippen LogP contribution in [0.25, 0.3) is 11.0 Å². The first-order valence-electron chi connectivity index (χ1n) is 12.9. The molecule has 0 bridgehead atoms. The van der Waals surface area contributed by atoms with E-state index in [0.717, 1.165) is 21.8 Å². The largest absolute Gasteiger partial charge is 0.451 e. The summed E-state index contributed by atoms with van der Waals surface area (Å²) in [4.78, 5) is 38.9. The first-order valence-corrected chi connectivity index (χ1v) is 14.3. The van der Waals surface area contributed by atoms with Crippen LogP contribution in [-0.2, 0) is 19.6 Å². The molecule has 0 radical (unpaired) electrons. The lowest BCUT2D eigenvalue weighted by Gasteiger charge is -2.23. The summed E-state index contributed by atoms with van der Waals surface area (Å²) >= 11 is 0. The summed E-state index contributed by atoms with van der Waals surface area (Å²) in [5.74, 6) is -2.34. The summed E-state index contributed by atoms with van der Waals surface area (Å²) < 4.78 is 46.9. The van der Waals surface area contributed by atoms with Crippen LogP contribution in [0.4, 0.5) is 4.39 Å². The molecule has 2 amide bonds. The maximum atomic E-state index is 14.2. The van der Waals surface area contributed by atoms with Crippen LogP contribution in [-0.4, -0.2) is 55.5 Å². The lowest BCUT2D eigenvalue weighted by Crippen LogP contribution is -2.52. The number of amides is 2. The van der Waals surface area contributed by atoms with E-state index < -0.39 is 57.0 Å². The topological polar surface area (TPSA) is 126 Å². The fraction of sp³-hybridized carbons (Fsp3) is 0.393. The number of halogens is 1. The Labute approximate surface area is 226 Å². The summed E-state index contributed by atoms with van der Waals surface area (Å²) in [7, 11) is -4.24. The van der Waals surface area contributed by atoms with Crippen molar-refractivity contribution in [3.63, 3.8) is 0 Å². The standard InChI is InChI=1S/C28H32FN3O6S/c1-17(2)15-22(31-28(35)26-18(3)19-9-4-6-12-24(19)38-26)27(34)30-21-11-8-14-32(16-23(21)33)39(36,37)25-13-7-5-10-20(25)29/h4-7,9-10,12-13,17,21-22H,8,11,14-16H2,1-3H3,(H,30,34)(H,31,35)/t21-,22-/m0/s1. The number of carbonyl (C=O) groups is 3. The average Bonchev–Trinajstić information content (AvgIpc) is 3.11. The molecule has 9 nitrogen and oxygen atoms in total. The molecular weight excluding hydrogens is 525 g/mol. The van der Waals surface area contributed by atoms with Crippen LogP contribution in [0.2, 0.25) is 0 Å². The van der Waals surface area contributed by atoms with Gasteiger partial charge in [-0.3, -0.25) is 14.4 Å². The average molecular weight is 558 g/mol. The van der Waals surface area contributed by atoms with Gasteiger partial charge in [0.1, 0.15) is 22.3 Å². The number of furan rings is 1. The molecule has 1 fully saturated rings. The number of hydrogen-bond donors (Lipinski definition) is 2. The molecule has 2 atom stereocenters. The molecule has 2 heterocycles. The van der Waals surface area contributed by atoms with Gasteiger partial charge in [0.05, 0.1) is 12.6 Å². The van der Waals surface area contributed by atoms with E-state index in [-0.39, 0.29) is 31.1 Å². The number of ketones is 1. The third-order valence-corrected chi connectivity index (χ3v) is 8.65. The summed E-state index contributed by atoms with van der Waals surface area (Å²) in [5.41, 5.74) is 1.21. The second kappa shape index (κ2) is 11.7. The van der Waals surface area contributed by atoms with Gasteiger partial charge >= 0.3 is 0 Å². The van der Waals surface area contributed by atoms with Crippen LogP contribution in [0, 0.1) is 18.7 Å². The number of rotatable bonds is 8. The zero-order chi connectivity index (χ0) is 28.3. The van der Waals surface area contributed by atoms with Crippen LogP contribution in [0.1, 0.15) is 49.2 Å². The summed E-state index contributed by atoms with van der Waals surface area (Å²) in [6.45, 7) is 5.08. The van der Waals surface area contributed by atoms with Gasteiger partial charge in [0.2, 0.25) is 15.9 Å². The van der Waals surface area contributed by atoms with Crippen LogP contribution in [0.15, 0.2) is 57.8 Å². The first-order chi connectivity index (χ1) is 18.5. The van der Waals surface area contributed by atoms with Crippen molar-refractivity contribution in [2.75, 3.05) is 13.1 Å².